The molecule has 3 saturated heterocycles. The number of aromatic hydroxyl groups is 1. The van der Waals surface area contributed by atoms with Crippen LogP contribution in [0.1, 0.15) is 48.5 Å². The molecule has 0 aliphatic carbocycles. The molecule has 0 spiro atoms. The number of hydrogen-bond acceptors (Lipinski definition) is 10. The Morgan fingerprint density at radius 3 is 2.30 bits per heavy atom. The molecule has 18 heteroatoms. The van der Waals surface area contributed by atoms with Gasteiger partial charge in [-0.3, -0.25) is 14.9 Å². The number of carboxylic acid groups (broad SMARTS) is 1. The molecule has 6 N–H and O–H groups in total. The molecule has 3 aliphatic rings. The van der Waals surface area contributed by atoms with Crippen LogP contribution in [0.15, 0.2) is 95.8 Å². The summed E-state index contributed by atoms with van der Waals surface area (Å²) in [5.41, 5.74) is 5.38. The van der Waals surface area contributed by atoms with Gasteiger partial charge in [0.2, 0.25) is 11.5 Å². The summed E-state index contributed by atoms with van der Waals surface area (Å²) in [6, 6.07) is 27.9. The number of carbonyl (C=O) groups is 3. The van der Waals surface area contributed by atoms with Gasteiger partial charge in [-0.25, -0.2) is 4.79 Å². The Labute approximate surface area is 370 Å². The van der Waals surface area contributed by atoms with Gasteiger partial charge in [0.1, 0.15) is 42.1 Å². The van der Waals surface area contributed by atoms with E-state index in [2.05, 4.69) is 35.0 Å². The van der Waals surface area contributed by atoms with Gasteiger partial charge in [-0.05, 0) is 65.4 Å². The average molecular weight is 906 g/mol. The number of anilines is 2. The third-order valence-corrected chi connectivity index (χ3v) is 12.4. The molecule has 0 unspecified atom stereocenters. The topological polar surface area (TPSA) is 205 Å². The lowest BCUT2D eigenvalue weighted by atomic mass is 9.96. The summed E-state index contributed by atoms with van der Waals surface area (Å²) < 4.78 is 44.4. The Kier molecular flexibility index (Phi) is 13.7. The number of halogens is 4. The number of piperidine rings is 1. The number of nitrogens with one attached hydrogen (secondary N) is 4. The maximum absolute atomic E-state index is 13.3. The molecule has 64 heavy (non-hydrogen) atoms. The van der Waals surface area contributed by atoms with Crippen LogP contribution in [0, 0.1) is 0 Å². The SMILES string of the molecule is C[N+]1(C)[C@@H]2C[C@@H](OC(=O)Nc3cc(CCCC(=O)Nc4ccc(CNC[C@H](O)c5ccc(O)c6[nH]c(=O)ccc56)cc4Cl)ccc3-c3ccccc3)C[C@H]1[C@@H]1O[C@@H]12.O=C([O-])C(F)(F)F. The van der Waals surface area contributed by atoms with Gasteiger partial charge in [0.25, 0.3) is 0 Å². The number of quaternary nitrogens is 1. The number of benzene rings is 4. The number of phenolic OH excluding ortho intramolecular Hbond substituents is 1. The molecule has 4 heterocycles. The molecule has 0 radical (unpaired) electrons. The average Bonchev–Trinajstić information content (AvgIpc) is 4.01. The third kappa shape index (κ3) is 10.7. The number of carbonyl (C=O) groups excluding carboxylic acids is 3. The van der Waals surface area contributed by atoms with E-state index >= 15 is 0 Å². The number of likely N-dealkylation sites (N-methyl/N-ethyl adjacent to an activating group) is 1. The Bertz CT molecular complexity index is 2570. The maximum Gasteiger partial charge on any atom is 0.430 e. The van der Waals surface area contributed by atoms with Gasteiger partial charge in [-0.2, -0.15) is 13.2 Å². The number of amides is 2. The molecule has 5 aromatic rings. The Morgan fingerprint density at radius 1 is 0.938 bits per heavy atom. The number of epoxide rings is 1. The fraction of sp³-hybridized carbons (Fsp3) is 0.348. The van der Waals surface area contributed by atoms with Crippen molar-refractivity contribution < 1.29 is 56.8 Å². The van der Waals surface area contributed by atoms with Crippen molar-refractivity contribution in [3.63, 3.8) is 0 Å². The number of morpholine rings is 1. The second-order valence-electron chi connectivity index (χ2n) is 16.6. The summed E-state index contributed by atoms with van der Waals surface area (Å²) in [6.07, 6.45) is -3.10. The van der Waals surface area contributed by atoms with E-state index in [9.17, 15) is 37.8 Å². The van der Waals surface area contributed by atoms with Gasteiger partial charge < -0.3 is 49.7 Å². The fourth-order valence-corrected chi connectivity index (χ4v) is 9.01. The highest BCUT2D eigenvalue weighted by Crippen LogP contribution is 2.51. The minimum atomic E-state index is -5.19. The van der Waals surface area contributed by atoms with Crippen LogP contribution in [-0.2, 0) is 32.0 Å². The van der Waals surface area contributed by atoms with Crippen molar-refractivity contribution in [2.24, 2.45) is 0 Å². The van der Waals surface area contributed by atoms with E-state index in [0.717, 1.165) is 39.6 Å². The number of aliphatic carboxylic acids is 1. The first-order valence-corrected chi connectivity index (χ1v) is 21.0. The first-order chi connectivity index (χ1) is 30.4. The number of carboxylic acids is 1. The number of rotatable bonds is 13. The molecule has 8 rings (SSSR count). The second kappa shape index (κ2) is 19.0. The molecule has 3 fully saturated rings. The molecule has 3 aliphatic heterocycles. The van der Waals surface area contributed by atoms with Crippen molar-refractivity contribution in [1.82, 2.24) is 10.3 Å². The molecule has 338 valence electrons. The first kappa shape index (κ1) is 46.0. The highest BCUT2D eigenvalue weighted by Gasteiger charge is 2.70. The minimum absolute atomic E-state index is 0.0680. The number of fused-ring (bicyclic) bond motifs is 6. The van der Waals surface area contributed by atoms with Gasteiger partial charge >= 0.3 is 12.3 Å². The van der Waals surface area contributed by atoms with Gasteiger partial charge in [0.15, 0.2) is 0 Å². The fourth-order valence-electron chi connectivity index (χ4n) is 8.76. The smallest absolute Gasteiger partial charge is 0.430 e. The number of hydrogen-bond donors (Lipinski definition) is 6. The van der Waals surface area contributed by atoms with Crippen molar-refractivity contribution in [3.05, 3.63) is 123 Å². The van der Waals surface area contributed by atoms with Crippen LogP contribution in [0.4, 0.5) is 29.3 Å². The van der Waals surface area contributed by atoms with E-state index in [1.165, 1.54) is 12.1 Å². The number of aromatic amines is 1. The number of aryl methyl sites for hydroxylation is 1. The molecule has 0 saturated carbocycles. The zero-order chi connectivity index (χ0) is 45.9. The van der Waals surface area contributed by atoms with Crippen molar-refractivity contribution >= 4 is 51.8 Å². The predicted octanol–water partition coefficient (Wildman–Crippen LogP) is 5.94. The molecule has 2 amide bonds. The summed E-state index contributed by atoms with van der Waals surface area (Å²) in [6.45, 7) is 0.618. The van der Waals surface area contributed by atoms with Gasteiger partial charge in [0.05, 0.1) is 42.1 Å². The third-order valence-electron chi connectivity index (χ3n) is 12.1. The summed E-state index contributed by atoms with van der Waals surface area (Å²) >= 11 is 6.56. The van der Waals surface area contributed by atoms with E-state index in [0.29, 0.717) is 58.8 Å². The predicted molar refractivity (Wildman–Crippen MR) is 230 cm³/mol. The monoisotopic (exact) mass is 905 g/mol. The van der Waals surface area contributed by atoms with Gasteiger partial charge in [-0.1, -0.05) is 66.2 Å². The summed E-state index contributed by atoms with van der Waals surface area (Å²) in [5.74, 6) is -3.24. The van der Waals surface area contributed by atoms with E-state index in [-0.39, 0.29) is 54.0 Å². The van der Waals surface area contributed by atoms with E-state index in [4.69, 9.17) is 31.0 Å². The highest BCUT2D eigenvalue weighted by molar-refractivity contribution is 6.33. The first-order valence-electron chi connectivity index (χ1n) is 20.6. The van der Waals surface area contributed by atoms with Crippen LogP contribution in [0.5, 0.6) is 5.75 Å². The number of pyridine rings is 1. The van der Waals surface area contributed by atoms with Crippen molar-refractivity contribution in [1.29, 1.82) is 0 Å². The Balaban J connectivity index is 0.000000809. The number of ether oxygens (including phenoxy) is 2. The largest absolute Gasteiger partial charge is 0.542 e. The number of nitrogens with zero attached hydrogens (tertiary/aromatic N) is 1. The summed E-state index contributed by atoms with van der Waals surface area (Å²) in [5, 5.41) is 39.9. The normalized spacial score (nSPS) is 20.9. The zero-order valence-electron chi connectivity index (χ0n) is 34.8. The van der Waals surface area contributed by atoms with Crippen molar-refractivity contribution in [2.45, 2.75) is 81.3 Å². The molecule has 14 nitrogen and oxygen atoms in total. The highest BCUT2D eigenvalue weighted by atomic mass is 35.5. The van der Waals surface area contributed by atoms with Crippen LogP contribution in [0.2, 0.25) is 5.02 Å². The zero-order valence-corrected chi connectivity index (χ0v) is 35.5. The Hall–Kier alpha value is -5.98. The van der Waals surface area contributed by atoms with Crippen LogP contribution >= 0.6 is 11.6 Å². The van der Waals surface area contributed by atoms with Crippen LogP contribution < -0.4 is 26.6 Å². The number of aliphatic hydroxyl groups excluding tert-OH is 1. The standard InChI is InChI=1S/C44H46ClN5O7.C2HF3O2/c1-50(2)35-21-28(22-36(50)43-42(35)57-43)56-44(55)48-34-20-25(11-13-29(34)27-8-4-3-5-9-27)7-6-10-39(53)47-33-16-12-26(19-32(33)45)23-46-24-38(52)30-14-17-37(51)41-31(30)15-18-40(54)49-41;3-2(4,5)1(6)7/h3-5,8-9,11-20,28,35-36,38,42-43,46,52H,6-7,10,21-24H2,1-2H3,(H3-,47,48,49,51,53,54,55);(H,6,7)/t28-,35-,36+,38-,42-,43+;/m0./s1. The molecular weight excluding hydrogens is 859 g/mol. The molecule has 2 bridgehead atoms. The number of alkyl halides is 3. The molecule has 6 atom stereocenters. The molecular formula is C46H47ClF3N5O9. The van der Waals surface area contributed by atoms with Crippen LogP contribution in [0.25, 0.3) is 22.0 Å². The lowest BCUT2D eigenvalue weighted by Gasteiger charge is -2.45. The lowest BCUT2D eigenvalue weighted by Crippen LogP contribution is -2.60. The van der Waals surface area contributed by atoms with E-state index in [1.807, 2.05) is 54.6 Å². The van der Waals surface area contributed by atoms with Crippen LogP contribution in [0.3, 0.4) is 0 Å². The quantitative estimate of drug-likeness (QED) is 0.0606. The second-order valence-corrected chi connectivity index (χ2v) is 17.0. The van der Waals surface area contributed by atoms with E-state index in [1.54, 1.807) is 24.3 Å². The van der Waals surface area contributed by atoms with Crippen molar-refractivity contribution in [3.8, 4) is 16.9 Å². The Morgan fingerprint density at radius 2 is 1.62 bits per heavy atom. The molecule has 1 aromatic heterocycles. The van der Waals surface area contributed by atoms with Crippen molar-refractivity contribution in [2.75, 3.05) is 31.3 Å². The minimum Gasteiger partial charge on any atom is -0.542 e. The number of aromatic nitrogens is 1. The lowest BCUT2D eigenvalue weighted by molar-refractivity contribution is -0.938. The summed E-state index contributed by atoms with van der Waals surface area (Å²) in [4.78, 5) is 49.4. The summed E-state index contributed by atoms with van der Waals surface area (Å²) in [7, 11) is 4.50. The number of H-pyrrole nitrogens is 1. The number of aliphatic hydroxyl groups is 1. The maximum atomic E-state index is 13.3. The van der Waals surface area contributed by atoms with Gasteiger partial charge in [-0.15, -0.1) is 0 Å². The molecule has 4 aromatic carbocycles. The van der Waals surface area contributed by atoms with E-state index < -0.39 is 24.3 Å². The van der Waals surface area contributed by atoms with Crippen LogP contribution in [-0.4, -0.2) is 94.9 Å². The van der Waals surface area contributed by atoms with Gasteiger partial charge in [0, 0.05) is 49.4 Å². The number of phenols is 1.